The molecule has 5 heteroatoms. The van der Waals surface area contributed by atoms with Gasteiger partial charge in [-0.3, -0.25) is 4.79 Å². The van der Waals surface area contributed by atoms with Gasteiger partial charge in [0.15, 0.2) is 0 Å². The third-order valence-electron chi connectivity index (χ3n) is 4.01. The van der Waals surface area contributed by atoms with Crippen molar-refractivity contribution in [3.63, 3.8) is 0 Å². The Kier molecular flexibility index (Phi) is 5.56. The standard InChI is InChI=1S/C20H21N3OS/c1-3-16(20-22-17-6-4-5-7-18(17)23-20)21-19(24)13-10-14-8-11-15(25-2)12-9-14/h4-13,16H,3H2,1-2H3,(H,21,24)(H,22,23)/b13-10+. The van der Waals surface area contributed by atoms with Gasteiger partial charge in [-0.05, 0) is 48.6 Å². The van der Waals surface area contributed by atoms with Crippen molar-refractivity contribution < 1.29 is 4.79 Å². The first-order valence-electron chi connectivity index (χ1n) is 8.27. The number of H-pyrrole nitrogens is 1. The number of amides is 1. The van der Waals surface area contributed by atoms with Crippen LogP contribution in [0.4, 0.5) is 0 Å². The summed E-state index contributed by atoms with van der Waals surface area (Å²) >= 11 is 1.70. The lowest BCUT2D eigenvalue weighted by atomic mass is 10.2. The van der Waals surface area contributed by atoms with Crippen LogP contribution in [0.3, 0.4) is 0 Å². The molecule has 2 aromatic carbocycles. The molecular formula is C20H21N3OS. The molecule has 3 rings (SSSR count). The SMILES string of the molecule is CCC(NC(=O)/C=C/c1ccc(SC)cc1)c1nc2ccccc2[nH]1. The van der Waals surface area contributed by atoms with Crippen LogP contribution < -0.4 is 5.32 Å². The van der Waals surface area contributed by atoms with E-state index in [1.165, 1.54) is 4.90 Å². The van der Waals surface area contributed by atoms with Crippen LogP contribution in [0.1, 0.15) is 30.8 Å². The van der Waals surface area contributed by atoms with E-state index in [-0.39, 0.29) is 11.9 Å². The van der Waals surface area contributed by atoms with Crippen molar-refractivity contribution in [3.05, 3.63) is 66.0 Å². The highest BCUT2D eigenvalue weighted by Gasteiger charge is 2.15. The molecule has 0 aliphatic rings. The van der Waals surface area contributed by atoms with Gasteiger partial charge in [0, 0.05) is 11.0 Å². The topological polar surface area (TPSA) is 57.8 Å². The van der Waals surface area contributed by atoms with Crippen LogP contribution in [0.15, 0.2) is 59.5 Å². The summed E-state index contributed by atoms with van der Waals surface area (Å²) in [6.45, 7) is 2.03. The molecule has 0 saturated heterocycles. The highest BCUT2D eigenvalue weighted by molar-refractivity contribution is 7.98. The van der Waals surface area contributed by atoms with E-state index in [1.54, 1.807) is 17.8 Å². The summed E-state index contributed by atoms with van der Waals surface area (Å²) in [4.78, 5) is 21.3. The van der Waals surface area contributed by atoms with Crippen molar-refractivity contribution in [3.8, 4) is 0 Å². The second-order valence-corrected chi connectivity index (χ2v) is 6.59. The van der Waals surface area contributed by atoms with Gasteiger partial charge in [0.05, 0.1) is 17.1 Å². The summed E-state index contributed by atoms with van der Waals surface area (Å²) in [5, 5.41) is 3.01. The number of nitrogens with zero attached hydrogens (tertiary/aromatic N) is 1. The number of carbonyl (C=O) groups excluding carboxylic acids is 1. The van der Waals surface area contributed by atoms with Crippen LogP contribution in [-0.4, -0.2) is 22.1 Å². The smallest absolute Gasteiger partial charge is 0.244 e. The molecule has 0 fully saturated rings. The van der Waals surface area contributed by atoms with Gasteiger partial charge in [0.1, 0.15) is 5.82 Å². The maximum Gasteiger partial charge on any atom is 0.244 e. The number of aromatic amines is 1. The van der Waals surface area contributed by atoms with Crippen molar-refractivity contribution in [2.24, 2.45) is 0 Å². The molecule has 1 atom stereocenters. The zero-order chi connectivity index (χ0) is 17.6. The van der Waals surface area contributed by atoms with Crippen molar-refractivity contribution in [2.75, 3.05) is 6.26 Å². The first kappa shape index (κ1) is 17.3. The lowest BCUT2D eigenvalue weighted by Crippen LogP contribution is -2.27. The minimum absolute atomic E-state index is 0.124. The predicted octanol–water partition coefficient (Wildman–Crippen LogP) is 4.57. The molecule has 1 heterocycles. The van der Waals surface area contributed by atoms with Gasteiger partial charge >= 0.3 is 0 Å². The van der Waals surface area contributed by atoms with Crippen LogP contribution in [-0.2, 0) is 4.79 Å². The number of rotatable bonds is 6. The minimum atomic E-state index is -0.136. The molecule has 3 aromatic rings. The predicted molar refractivity (Wildman–Crippen MR) is 105 cm³/mol. The summed E-state index contributed by atoms with van der Waals surface area (Å²) in [6, 6.07) is 15.8. The molecule has 0 radical (unpaired) electrons. The number of hydrogen-bond donors (Lipinski definition) is 2. The molecule has 0 aliphatic heterocycles. The van der Waals surface area contributed by atoms with E-state index < -0.39 is 0 Å². The van der Waals surface area contributed by atoms with Gasteiger partial charge in [-0.25, -0.2) is 4.98 Å². The highest BCUT2D eigenvalue weighted by atomic mass is 32.2. The second-order valence-electron chi connectivity index (χ2n) is 5.72. The van der Waals surface area contributed by atoms with Gasteiger partial charge < -0.3 is 10.3 Å². The fraction of sp³-hybridized carbons (Fsp3) is 0.200. The Morgan fingerprint density at radius 1 is 1.24 bits per heavy atom. The number of imidazole rings is 1. The Morgan fingerprint density at radius 3 is 2.68 bits per heavy atom. The quantitative estimate of drug-likeness (QED) is 0.505. The number of carbonyl (C=O) groups is 1. The van der Waals surface area contributed by atoms with Gasteiger partial charge in [-0.2, -0.15) is 0 Å². The maximum atomic E-state index is 12.3. The van der Waals surface area contributed by atoms with Gasteiger partial charge in [0.25, 0.3) is 0 Å². The Bertz CT molecular complexity index is 850. The number of fused-ring (bicyclic) bond motifs is 1. The Labute approximate surface area is 151 Å². The zero-order valence-electron chi connectivity index (χ0n) is 14.3. The Hall–Kier alpha value is -2.53. The van der Waals surface area contributed by atoms with E-state index in [9.17, 15) is 4.79 Å². The summed E-state index contributed by atoms with van der Waals surface area (Å²) in [6.07, 6.45) is 6.20. The van der Waals surface area contributed by atoms with Crippen molar-refractivity contribution in [2.45, 2.75) is 24.3 Å². The fourth-order valence-electron chi connectivity index (χ4n) is 2.61. The monoisotopic (exact) mass is 351 g/mol. The molecular weight excluding hydrogens is 330 g/mol. The first-order chi connectivity index (χ1) is 12.2. The summed E-state index contributed by atoms with van der Waals surface area (Å²) in [7, 11) is 0. The normalized spacial score (nSPS) is 12.6. The van der Waals surface area contributed by atoms with Crippen molar-refractivity contribution in [1.29, 1.82) is 0 Å². The zero-order valence-corrected chi connectivity index (χ0v) is 15.1. The lowest BCUT2D eigenvalue weighted by Gasteiger charge is -2.13. The molecule has 1 unspecified atom stereocenters. The van der Waals surface area contributed by atoms with Crippen LogP contribution in [0.5, 0.6) is 0 Å². The number of thioether (sulfide) groups is 1. The lowest BCUT2D eigenvalue weighted by molar-refractivity contribution is -0.117. The van der Waals surface area contributed by atoms with Gasteiger partial charge in [0.2, 0.25) is 5.91 Å². The third kappa shape index (κ3) is 4.31. The van der Waals surface area contributed by atoms with Crippen LogP contribution in [0.2, 0.25) is 0 Å². The molecule has 1 aromatic heterocycles. The summed E-state index contributed by atoms with van der Waals surface area (Å²) in [5.41, 5.74) is 2.90. The third-order valence-corrected chi connectivity index (χ3v) is 4.75. The van der Waals surface area contributed by atoms with E-state index in [2.05, 4.69) is 15.3 Å². The van der Waals surface area contributed by atoms with Crippen molar-refractivity contribution >= 4 is 34.8 Å². The Balaban J connectivity index is 1.67. The average Bonchev–Trinajstić information content (AvgIpc) is 3.08. The maximum absolute atomic E-state index is 12.3. The van der Waals surface area contributed by atoms with E-state index in [1.807, 2.05) is 67.8 Å². The van der Waals surface area contributed by atoms with Gasteiger partial charge in [-0.1, -0.05) is 31.2 Å². The molecule has 0 bridgehead atoms. The molecule has 0 aliphatic carbocycles. The number of nitrogens with one attached hydrogen (secondary N) is 2. The molecule has 0 spiro atoms. The fourth-order valence-corrected chi connectivity index (χ4v) is 3.02. The molecule has 0 saturated carbocycles. The van der Waals surface area contributed by atoms with E-state index in [0.29, 0.717) is 0 Å². The number of aromatic nitrogens is 2. The number of benzene rings is 2. The van der Waals surface area contributed by atoms with E-state index in [4.69, 9.17) is 0 Å². The molecule has 128 valence electrons. The molecule has 2 N–H and O–H groups in total. The summed E-state index contributed by atoms with van der Waals surface area (Å²) in [5.74, 6) is 0.663. The highest BCUT2D eigenvalue weighted by Crippen LogP contribution is 2.18. The first-order valence-corrected chi connectivity index (χ1v) is 9.49. The van der Waals surface area contributed by atoms with Crippen molar-refractivity contribution in [1.82, 2.24) is 15.3 Å². The number of para-hydroxylation sites is 2. The molecule has 4 nitrogen and oxygen atoms in total. The van der Waals surface area contributed by atoms with Crippen LogP contribution in [0.25, 0.3) is 17.1 Å². The van der Waals surface area contributed by atoms with E-state index >= 15 is 0 Å². The Morgan fingerprint density at radius 2 is 2.00 bits per heavy atom. The molecule has 25 heavy (non-hydrogen) atoms. The van der Waals surface area contributed by atoms with Gasteiger partial charge in [-0.15, -0.1) is 11.8 Å². The summed E-state index contributed by atoms with van der Waals surface area (Å²) < 4.78 is 0. The number of hydrogen-bond acceptors (Lipinski definition) is 3. The average molecular weight is 351 g/mol. The largest absolute Gasteiger partial charge is 0.343 e. The van der Waals surface area contributed by atoms with Crippen LogP contribution >= 0.6 is 11.8 Å². The van der Waals surface area contributed by atoms with Crippen LogP contribution in [0, 0.1) is 0 Å². The minimum Gasteiger partial charge on any atom is -0.343 e. The second kappa shape index (κ2) is 8.03. The molecule has 1 amide bonds. The van der Waals surface area contributed by atoms with E-state index in [0.717, 1.165) is 28.8 Å².